The first-order chi connectivity index (χ1) is 9.72. The number of hydrogen-bond donors (Lipinski definition) is 0. The van der Waals surface area contributed by atoms with Crippen molar-refractivity contribution in [2.45, 2.75) is 51.2 Å². The average Bonchev–Trinajstić information content (AvgIpc) is 2.53. The van der Waals surface area contributed by atoms with Gasteiger partial charge in [-0.05, 0) is 37.7 Å². The van der Waals surface area contributed by atoms with Gasteiger partial charge in [0.05, 0.1) is 12.2 Å². The Labute approximate surface area is 121 Å². The number of aryl methyl sites for hydroxylation is 1. The molecular weight excluding hydrogens is 252 g/mol. The lowest BCUT2D eigenvalue weighted by Gasteiger charge is -2.27. The van der Waals surface area contributed by atoms with Crippen molar-refractivity contribution in [2.75, 3.05) is 13.7 Å². The lowest BCUT2D eigenvalue weighted by Crippen LogP contribution is -2.29. The Hall–Kier alpha value is -1.19. The largest absolute Gasteiger partial charge is 0.381 e. The van der Waals surface area contributed by atoms with E-state index < -0.39 is 0 Å². The molecule has 1 aliphatic rings. The SMILES string of the molecule is CCc1ccc(C(=O)COC2CCCC(OC)C2)cc1. The van der Waals surface area contributed by atoms with Gasteiger partial charge in [-0.2, -0.15) is 0 Å². The average molecular weight is 276 g/mol. The highest BCUT2D eigenvalue weighted by Gasteiger charge is 2.22. The molecule has 1 fully saturated rings. The van der Waals surface area contributed by atoms with Crippen molar-refractivity contribution in [3.63, 3.8) is 0 Å². The number of hydrogen-bond acceptors (Lipinski definition) is 3. The van der Waals surface area contributed by atoms with Crippen LogP contribution in [0, 0.1) is 0 Å². The number of ketones is 1. The van der Waals surface area contributed by atoms with E-state index in [2.05, 4.69) is 6.92 Å². The van der Waals surface area contributed by atoms with Crippen LogP contribution in [0.4, 0.5) is 0 Å². The summed E-state index contributed by atoms with van der Waals surface area (Å²) in [7, 11) is 1.74. The van der Waals surface area contributed by atoms with Crippen LogP contribution in [0.1, 0.15) is 48.5 Å². The molecule has 0 bridgehead atoms. The quantitative estimate of drug-likeness (QED) is 0.747. The van der Waals surface area contributed by atoms with Gasteiger partial charge in [0.25, 0.3) is 0 Å². The van der Waals surface area contributed by atoms with Gasteiger partial charge in [0.2, 0.25) is 0 Å². The summed E-state index contributed by atoms with van der Waals surface area (Å²) < 4.78 is 11.1. The molecule has 1 aromatic carbocycles. The molecule has 110 valence electrons. The van der Waals surface area contributed by atoms with Gasteiger partial charge < -0.3 is 9.47 Å². The second-order valence-electron chi connectivity index (χ2n) is 5.43. The van der Waals surface area contributed by atoms with Crippen molar-refractivity contribution in [3.05, 3.63) is 35.4 Å². The predicted molar refractivity (Wildman–Crippen MR) is 79.2 cm³/mol. The molecule has 3 heteroatoms. The lowest BCUT2D eigenvalue weighted by atomic mass is 9.95. The van der Waals surface area contributed by atoms with E-state index >= 15 is 0 Å². The van der Waals surface area contributed by atoms with Gasteiger partial charge in [0.15, 0.2) is 5.78 Å². The molecule has 2 rings (SSSR count). The lowest BCUT2D eigenvalue weighted by molar-refractivity contribution is -0.0243. The Morgan fingerprint density at radius 1 is 1.20 bits per heavy atom. The summed E-state index contributed by atoms with van der Waals surface area (Å²) in [6.07, 6.45) is 5.58. The Morgan fingerprint density at radius 2 is 1.90 bits per heavy atom. The molecule has 0 saturated heterocycles. The molecule has 2 atom stereocenters. The van der Waals surface area contributed by atoms with Crippen molar-refractivity contribution in [1.82, 2.24) is 0 Å². The molecule has 0 N–H and O–H groups in total. The highest BCUT2D eigenvalue weighted by Crippen LogP contribution is 2.23. The van der Waals surface area contributed by atoms with E-state index in [4.69, 9.17) is 9.47 Å². The minimum absolute atomic E-state index is 0.0622. The fraction of sp³-hybridized carbons (Fsp3) is 0.588. The number of ether oxygens (including phenoxy) is 2. The van der Waals surface area contributed by atoms with Gasteiger partial charge in [0, 0.05) is 12.7 Å². The van der Waals surface area contributed by atoms with Crippen LogP contribution in [-0.4, -0.2) is 31.7 Å². The van der Waals surface area contributed by atoms with Crippen molar-refractivity contribution >= 4 is 5.78 Å². The summed E-state index contributed by atoms with van der Waals surface area (Å²) in [5.74, 6) is 0.0622. The third-order valence-electron chi connectivity index (χ3n) is 4.05. The smallest absolute Gasteiger partial charge is 0.188 e. The zero-order valence-corrected chi connectivity index (χ0v) is 12.4. The van der Waals surface area contributed by atoms with Crippen molar-refractivity contribution in [3.8, 4) is 0 Å². The second kappa shape index (κ2) is 7.55. The normalized spacial score (nSPS) is 22.7. The van der Waals surface area contributed by atoms with Crippen LogP contribution in [0.5, 0.6) is 0 Å². The second-order valence-corrected chi connectivity index (χ2v) is 5.43. The summed E-state index contributed by atoms with van der Waals surface area (Å²) in [5, 5.41) is 0. The number of carbonyl (C=O) groups excluding carboxylic acids is 1. The minimum atomic E-state index is 0.0622. The summed E-state index contributed by atoms with van der Waals surface area (Å²) in [6.45, 7) is 2.28. The fourth-order valence-corrected chi connectivity index (χ4v) is 2.67. The van der Waals surface area contributed by atoms with E-state index in [1.807, 2.05) is 24.3 Å². The van der Waals surface area contributed by atoms with Crippen molar-refractivity contribution in [2.24, 2.45) is 0 Å². The van der Waals surface area contributed by atoms with Crippen molar-refractivity contribution < 1.29 is 14.3 Å². The van der Waals surface area contributed by atoms with Gasteiger partial charge in [-0.25, -0.2) is 0 Å². The molecule has 3 nitrogen and oxygen atoms in total. The third kappa shape index (κ3) is 4.15. The van der Waals surface area contributed by atoms with Gasteiger partial charge in [-0.3, -0.25) is 4.79 Å². The zero-order valence-electron chi connectivity index (χ0n) is 12.4. The van der Waals surface area contributed by atoms with E-state index in [9.17, 15) is 4.79 Å². The van der Waals surface area contributed by atoms with E-state index in [1.54, 1.807) is 7.11 Å². The van der Waals surface area contributed by atoms with Crippen LogP contribution >= 0.6 is 0 Å². The number of rotatable bonds is 6. The third-order valence-corrected chi connectivity index (χ3v) is 4.05. The van der Waals surface area contributed by atoms with Crippen LogP contribution in [0.25, 0.3) is 0 Å². The molecule has 0 aliphatic heterocycles. The summed E-state index contributed by atoms with van der Waals surface area (Å²) >= 11 is 0. The molecule has 0 amide bonds. The molecule has 1 aromatic rings. The molecule has 20 heavy (non-hydrogen) atoms. The number of Topliss-reactive ketones (excluding diaryl/α,β-unsaturated/α-hetero) is 1. The Kier molecular flexibility index (Phi) is 5.74. The molecule has 2 unspecified atom stereocenters. The van der Waals surface area contributed by atoms with Crippen LogP contribution in [0.3, 0.4) is 0 Å². The maximum Gasteiger partial charge on any atom is 0.188 e. The van der Waals surface area contributed by atoms with Gasteiger partial charge in [-0.15, -0.1) is 0 Å². The molecule has 0 spiro atoms. The first-order valence-electron chi connectivity index (χ1n) is 7.49. The summed E-state index contributed by atoms with van der Waals surface area (Å²) in [5.41, 5.74) is 1.99. The first kappa shape index (κ1) is 15.2. The standard InChI is InChI=1S/C17H24O3/c1-3-13-7-9-14(10-8-13)17(18)12-20-16-6-4-5-15(11-16)19-2/h7-10,15-16H,3-6,11-12H2,1-2H3. The molecule has 1 saturated carbocycles. The molecule has 0 radical (unpaired) electrons. The minimum Gasteiger partial charge on any atom is -0.381 e. The summed E-state index contributed by atoms with van der Waals surface area (Å²) in [6, 6.07) is 7.80. The van der Waals surface area contributed by atoms with Gasteiger partial charge in [-0.1, -0.05) is 31.2 Å². The Morgan fingerprint density at radius 3 is 2.55 bits per heavy atom. The van der Waals surface area contributed by atoms with Crippen LogP contribution in [0.2, 0.25) is 0 Å². The molecule has 1 aliphatic carbocycles. The molecule has 0 aromatic heterocycles. The molecular formula is C17H24O3. The predicted octanol–water partition coefficient (Wildman–Crippen LogP) is 3.41. The van der Waals surface area contributed by atoms with Crippen LogP contribution < -0.4 is 0 Å². The zero-order chi connectivity index (χ0) is 14.4. The number of benzene rings is 1. The van der Waals surface area contributed by atoms with E-state index in [-0.39, 0.29) is 24.6 Å². The highest BCUT2D eigenvalue weighted by atomic mass is 16.5. The summed E-state index contributed by atoms with van der Waals surface area (Å²) in [4.78, 5) is 12.1. The van der Waals surface area contributed by atoms with Crippen LogP contribution in [0.15, 0.2) is 24.3 Å². The Bertz CT molecular complexity index is 424. The topological polar surface area (TPSA) is 35.5 Å². The number of methoxy groups -OCH3 is 1. The Balaban J connectivity index is 1.82. The maximum absolute atomic E-state index is 12.1. The van der Waals surface area contributed by atoms with Gasteiger partial charge >= 0.3 is 0 Å². The van der Waals surface area contributed by atoms with E-state index in [1.165, 1.54) is 5.56 Å². The van der Waals surface area contributed by atoms with Crippen LogP contribution in [-0.2, 0) is 15.9 Å². The first-order valence-corrected chi connectivity index (χ1v) is 7.49. The molecule has 0 heterocycles. The van der Waals surface area contributed by atoms with Crippen molar-refractivity contribution in [1.29, 1.82) is 0 Å². The fourth-order valence-electron chi connectivity index (χ4n) is 2.67. The van der Waals surface area contributed by atoms with E-state index in [0.29, 0.717) is 0 Å². The number of carbonyl (C=O) groups is 1. The van der Waals surface area contributed by atoms with Gasteiger partial charge in [0.1, 0.15) is 6.61 Å². The monoisotopic (exact) mass is 276 g/mol. The highest BCUT2D eigenvalue weighted by molar-refractivity contribution is 5.97. The maximum atomic E-state index is 12.1. The van der Waals surface area contributed by atoms with E-state index in [0.717, 1.165) is 37.7 Å².